The number of fused-ring (bicyclic) bond motifs is 1. The van der Waals surface area contributed by atoms with Gasteiger partial charge in [0.15, 0.2) is 0 Å². The summed E-state index contributed by atoms with van der Waals surface area (Å²) < 4.78 is 5.34. The van der Waals surface area contributed by atoms with Crippen LogP contribution in [-0.4, -0.2) is 7.11 Å². The second-order valence-electron chi connectivity index (χ2n) is 2.96. The number of aryl methyl sites for hydroxylation is 1. The van der Waals surface area contributed by atoms with Crippen molar-refractivity contribution < 1.29 is 4.74 Å². The minimum absolute atomic E-state index is 0. The molecule has 0 spiro atoms. The van der Waals surface area contributed by atoms with Gasteiger partial charge >= 0.3 is 0 Å². The van der Waals surface area contributed by atoms with Crippen molar-refractivity contribution in [3.63, 3.8) is 0 Å². The highest BCUT2D eigenvalue weighted by Crippen LogP contribution is 2.32. The van der Waals surface area contributed by atoms with E-state index in [2.05, 4.69) is 24.3 Å². The van der Waals surface area contributed by atoms with Crippen LogP contribution in [0.25, 0.3) is 0 Å². The third-order valence-corrected chi connectivity index (χ3v) is 2.36. The fourth-order valence-electron chi connectivity index (χ4n) is 1.76. The third-order valence-electron chi connectivity index (χ3n) is 2.36. The van der Waals surface area contributed by atoms with Crippen molar-refractivity contribution in [2.24, 2.45) is 0 Å². The van der Waals surface area contributed by atoms with Crippen LogP contribution in [0, 0.1) is 0 Å². The lowest BCUT2D eigenvalue weighted by Gasteiger charge is -2.07. The molecule has 0 bridgehead atoms. The maximum absolute atomic E-state index is 5.34. The molecule has 0 fully saturated rings. The van der Waals surface area contributed by atoms with Crippen molar-refractivity contribution in [3.8, 4) is 0 Å². The van der Waals surface area contributed by atoms with Crippen molar-refractivity contribution in [1.29, 1.82) is 0 Å². The zero-order valence-corrected chi connectivity index (χ0v) is 7.93. The zero-order chi connectivity index (χ0) is 7.68. The molecule has 0 aliphatic heterocycles. The molecular formula is C10H13ClO. The summed E-state index contributed by atoms with van der Waals surface area (Å²) in [7, 11) is 1.78. The monoisotopic (exact) mass is 184 g/mol. The van der Waals surface area contributed by atoms with Gasteiger partial charge < -0.3 is 4.74 Å². The third kappa shape index (κ3) is 1.47. The number of halogens is 1. The fourth-order valence-corrected chi connectivity index (χ4v) is 1.76. The Balaban J connectivity index is 0.000000720. The van der Waals surface area contributed by atoms with E-state index in [0.29, 0.717) is 6.10 Å². The molecule has 66 valence electrons. The lowest BCUT2D eigenvalue weighted by atomic mass is 10.1. The van der Waals surface area contributed by atoms with Gasteiger partial charge in [-0.1, -0.05) is 24.3 Å². The minimum Gasteiger partial charge on any atom is -0.377 e. The molecule has 0 heterocycles. The topological polar surface area (TPSA) is 9.23 Å². The zero-order valence-electron chi connectivity index (χ0n) is 7.12. The molecule has 0 radical (unpaired) electrons. The Labute approximate surface area is 79.2 Å². The Hall–Kier alpha value is -0.530. The summed E-state index contributed by atoms with van der Waals surface area (Å²) in [6.45, 7) is 0. The first kappa shape index (κ1) is 9.56. The lowest BCUT2D eigenvalue weighted by molar-refractivity contribution is 0.105. The molecule has 2 rings (SSSR count). The Morgan fingerprint density at radius 2 is 2.08 bits per heavy atom. The minimum atomic E-state index is 0. The number of ether oxygens (including phenoxy) is 1. The van der Waals surface area contributed by atoms with Gasteiger partial charge in [-0.25, -0.2) is 0 Å². The quantitative estimate of drug-likeness (QED) is 0.652. The van der Waals surface area contributed by atoms with E-state index in [4.69, 9.17) is 4.74 Å². The van der Waals surface area contributed by atoms with E-state index in [1.807, 2.05) is 0 Å². The Morgan fingerprint density at radius 1 is 1.33 bits per heavy atom. The lowest BCUT2D eigenvalue weighted by Crippen LogP contribution is -1.94. The standard InChI is InChI=1S/C10H12O.ClH/c1-11-10-7-6-8-4-2-3-5-9(8)10;/h2-5,10H,6-7H2,1H3;1H. The van der Waals surface area contributed by atoms with Gasteiger partial charge in [-0.2, -0.15) is 0 Å². The highest BCUT2D eigenvalue weighted by atomic mass is 35.5. The van der Waals surface area contributed by atoms with E-state index in [9.17, 15) is 0 Å². The van der Waals surface area contributed by atoms with Crippen LogP contribution in [0.4, 0.5) is 0 Å². The average molecular weight is 185 g/mol. The van der Waals surface area contributed by atoms with Gasteiger partial charge in [0.25, 0.3) is 0 Å². The first-order chi connectivity index (χ1) is 5.42. The van der Waals surface area contributed by atoms with Gasteiger partial charge in [-0.15, -0.1) is 12.4 Å². The number of hydrogen-bond donors (Lipinski definition) is 0. The van der Waals surface area contributed by atoms with Crippen LogP contribution in [0.1, 0.15) is 23.7 Å². The summed E-state index contributed by atoms with van der Waals surface area (Å²) in [6.07, 6.45) is 2.68. The molecule has 12 heavy (non-hydrogen) atoms. The van der Waals surface area contributed by atoms with Crippen LogP contribution in [-0.2, 0) is 11.2 Å². The van der Waals surface area contributed by atoms with E-state index in [-0.39, 0.29) is 12.4 Å². The SMILES string of the molecule is COC1CCc2ccccc21.Cl. The Bertz CT molecular complexity index is 260. The number of methoxy groups -OCH3 is 1. The van der Waals surface area contributed by atoms with Gasteiger partial charge in [0.05, 0.1) is 6.10 Å². The second kappa shape index (κ2) is 3.92. The number of hydrogen-bond acceptors (Lipinski definition) is 1. The molecule has 1 aliphatic carbocycles. The van der Waals surface area contributed by atoms with Gasteiger partial charge in [-0.05, 0) is 24.0 Å². The van der Waals surface area contributed by atoms with Crippen molar-refractivity contribution in [1.82, 2.24) is 0 Å². The molecule has 0 aromatic heterocycles. The maximum Gasteiger partial charge on any atom is 0.0827 e. The summed E-state index contributed by atoms with van der Waals surface area (Å²) >= 11 is 0. The van der Waals surface area contributed by atoms with Gasteiger partial charge in [-0.3, -0.25) is 0 Å². The molecule has 0 amide bonds. The maximum atomic E-state index is 5.34. The molecule has 1 aromatic carbocycles. The smallest absolute Gasteiger partial charge is 0.0827 e. The van der Waals surface area contributed by atoms with E-state index in [1.54, 1.807) is 7.11 Å². The van der Waals surface area contributed by atoms with Crippen molar-refractivity contribution in [2.45, 2.75) is 18.9 Å². The molecule has 1 unspecified atom stereocenters. The summed E-state index contributed by atoms with van der Waals surface area (Å²) in [4.78, 5) is 0. The normalized spacial score (nSPS) is 19.9. The number of benzene rings is 1. The van der Waals surface area contributed by atoms with Crippen molar-refractivity contribution >= 4 is 12.4 Å². The summed E-state index contributed by atoms with van der Waals surface area (Å²) in [5.41, 5.74) is 2.84. The van der Waals surface area contributed by atoms with Gasteiger partial charge in [0.2, 0.25) is 0 Å². The second-order valence-corrected chi connectivity index (χ2v) is 2.96. The van der Waals surface area contributed by atoms with Crippen LogP contribution >= 0.6 is 12.4 Å². The molecule has 1 aromatic rings. The Kier molecular flexibility index (Phi) is 3.12. The first-order valence-corrected chi connectivity index (χ1v) is 4.02. The highest BCUT2D eigenvalue weighted by molar-refractivity contribution is 5.85. The predicted octanol–water partition coefficient (Wildman–Crippen LogP) is 2.74. The first-order valence-electron chi connectivity index (χ1n) is 4.02. The van der Waals surface area contributed by atoms with Crippen LogP contribution < -0.4 is 0 Å². The summed E-state index contributed by atoms with van der Waals surface area (Å²) in [5.74, 6) is 0. The fraction of sp³-hybridized carbons (Fsp3) is 0.400. The summed E-state index contributed by atoms with van der Waals surface area (Å²) in [6, 6.07) is 8.53. The Morgan fingerprint density at radius 3 is 2.83 bits per heavy atom. The number of rotatable bonds is 1. The van der Waals surface area contributed by atoms with Crippen LogP contribution in [0.15, 0.2) is 24.3 Å². The van der Waals surface area contributed by atoms with Crippen molar-refractivity contribution in [3.05, 3.63) is 35.4 Å². The summed E-state index contributed by atoms with van der Waals surface area (Å²) in [5, 5.41) is 0. The predicted molar refractivity (Wildman–Crippen MR) is 51.8 cm³/mol. The van der Waals surface area contributed by atoms with Crippen molar-refractivity contribution in [2.75, 3.05) is 7.11 Å². The average Bonchev–Trinajstić information content (AvgIpc) is 2.47. The van der Waals surface area contributed by atoms with Crippen LogP contribution in [0.3, 0.4) is 0 Å². The van der Waals surface area contributed by atoms with Gasteiger partial charge in [0.1, 0.15) is 0 Å². The van der Waals surface area contributed by atoms with Crippen LogP contribution in [0.2, 0.25) is 0 Å². The molecule has 1 aliphatic rings. The van der Waals surface area contributed by atoms with E-state index < -0.39 is 0 Å². The molecule has 1 nitrogen and oxygen atoms in total. The molecule has 1 atom stereocenters. The van der Waals surface area contributed by atoms with E-state index in [1.165, 1.54) is 17.5 Å². The molecule has 0 saturated heterocycles. The molecule has 0 saturated carbocycles. The molecular weight excluding hydrogens is 172 g/mol. The van der Waals surface area contributed by atoms with Crippen LogP contribution in [0.5, 0.6) is 0 Å². The molecule has 0 N–H and O–H groups in total. The van der Waals surface area contributed by atoms with E-state index >= 15 is 0 Å². The van der Waals surface area contributed by atoms with Gasteiger partial charge in [0, 0.05) is 7.11 Å². The largest absolute Gasteiger partial charge is 0.377 e. The molecule has 2 heteroatoms. The van der Waals surface area contributed by atoms with E-state index in [0.717, 1.165) is 6.42 Å². The highest BCUT2D eigenvalue weighted by Gasteiger charge is 2.20.